The molecule has 1 fully saturated rings. The number of hydrogen-bond acceptors (Lipinski definition) is 3. The van der Waals surface area contributed by atoms with Gasteiger partial charge in [-0.2, -0.15) is 0 Å². The zero-order valence-corrected chi connectivity index (χ0v) is 9.88. The van der Waals surface area contributed by atoms with Crippen molar-refractivity contribution in [1.29, 1.82) is 0 Å². The lowest BCUT2D eigenvalue weighted by Gasteiger charge is -2.10. The Morgan fingerprint density at radius 2 is 2.58 bits per heavy atom. The van der Waals surface area contributed by atoms with Crippen molar-refractivity contribution in [2.75, 3.05) is 13.6 Å². The average molecular weight is 294 g/mol. The van der Waals surface area contributed by atoms with Crippen LogP contribution in [0.1, 0.15) is 17.2 Å². The molecule has 2 heterocycles. The summed E-state index contributed by atoms with van der Waals surface area (Å²) in [6, 6.07) is 0. The first-order valence-electron chi connectivity index (χ1n) is 4.00. The van der Waals surface area contributed by atoms with Crippen LogP contribution >= 0.6 is 33.9 Å². The molecule has 0 saturated carbocycles. The second-order valence-electron chi connectivity index (χ2n) is 3.21. The molecule has 12 heavy (non-hydrogen) atoms. The van der Waals surface area contributed by atoms with Gasteiger partial charge >= 0.3 is 0 Å². The van der Waals surface area contributed by atoms with Gasteiger partial charge in [0.05, 0.1) is 9.56 Å². The van der Waals surface area contributed by atoms with E-state index in [2.05, 4.69) is 39.5 Å². The molecule has 2 nitrogen and oxygen atoms in total. The maximum absolute atomic E-state index is 4.11. The lowest BCUT2D eigenvalue weighted by atomic mass is 10.1. The van der Waals surface area contributed by atoms with Crippen LogP contribution in [0.25, 0.3) is 0 Å². The predicted molar refractivity (Wildman–Crippen MR) is 59.9 cm³/mol. The number of likely N-dealkylation sites (N-methyl/N-ethyl adjacent to an activating group) is 1. The first kappa shape index (κ1) is 8.90. The van der Waals surface area contributed by atoms with Gasteiger partial charge in [-0.05, 0) is 13.5 Å². The summed E-state index contributed by atoms with van der Waals surface area (Å²) in [5, 5.41) is 0. The molecule has 1 aliphatic heterocycles. The Hall–Kier alpha value is 0.320. The van der Waals surface area contributed by atoms with E-state index in [1.54, 1.807) is 11.3 Å². The SMILES string of the molecule is CN1C[C@@H](c2cncs2)C[C@H]1I. The highest BCUT2D eigenvalue weighted by Crippen LogP contribution is 2.34. The first-order valence-corrected chi connectivity index (χ1v) is 6.12. The zero-order chi connectivity index (χ0) is 8.55. The lowest BCUT2D eigenvalue weighted by Crippen LogP contribution is -2.18. The maximum Gasteiger partial charge on any atom is 0.0794 e. The number of likely N-dealkylation sites (tertiary alicyclic amines) is 1. The zero-order valence-electron chi connectivity index (χ0n) is 6.90. The van der Waals surface area contributed by atoms with E-state index < -0.39 is 0 Å². The topological polar surface area (TPSA) is 16.1 Å². The molecule has 0 bridgehead atoms. The van der Waals surface area contributed by atoms with Crippen molar-refractivity contribution in [1.82, 2.24) is 9.88 Å². The Morgan fingerprint density at radius 3 is 3.08 bits per heavy atom. The number of halogens is 1. The molecular formula is C8H11IN2S. The van der Waals surface area contributed by atoms with Gasteiger partial charge in [0.15, 0.2) is 0 Å². The molecule has 0 aromatic carbocycles. The van der Waals surface area contributed by atoms with Crippen molar-refractivity contribution < 1.29 is 0 Å². The number of rotatable bonds is 1. The van der Waals surface area contributed by atoms with Crippen LogP contribution in [-0.4, -0.2) is 27.5 Å². The van der Waals surface area contributed by atoms with Crippen molar-refractivity contribution >= 4 is 33.9 Å². The van der Waals surface area contributed by atoms with Gasteiger partial charge in [0.1, 0.15) is 0 Å². The van der Waals surface area contributed by atoms with E-state index in [-0.39, 0.29) is 0 Å². The molecule has 0 N–H and O–H groups in total. The van der Waals surface area contributed by atoms with Crippen LogP contribution in [0.3, 0.4) is 0 Å². The third kappa shape index (κ3) is 1.65. The fraction of sp³-hybridized carbons (Fsp3) is 0.625. The molecule has 2 rings (SSSR count). The summed E-state index contributed by atoms with van der Waals surface area (Å²) >= 11 is 4.29. The van der Waals surface area contributed by atoms with Crippen LogP contribution < -0.4 is 0 Å². The van der Waals surface area contributed by atoms with Gasteiger partial charge < -0.3 is 0 Å². The standard InChI is InChI=1S/C8H11IN2S/c1-11-4-6(2-8(11)9)7-3-10-5-12-7/h3,5-6,8H,2,4H2,1H3/t6-,8-/m0/s1. The second kappa shape index (κ2) is 3.59. The third-order valence-corrected chi connectivity index (χ3v) is 4.72. The van der Waals surface area contributed by atoms with E-state index >= 15 is 0 Å². The van der Waals surface area contributed by atoms with Gasteiger partial charge in [-0.15, -0.1) is 11.3 Å². The van der Waals surface area contributed by atoms with E-state index in [9.17, 15) is 0 Å². The average Bonchev–Trinajstić information content (AvgIpc) is 2.61. The molecule has 0 unspecified atom stereocenters. The Labute approximate surface area is 90.1 Å². The van der Waals surface area contributed by atoms with Crippen molar-refractivity contribution in [3.05, 3.63) is 16.6 Å². The van der Waals surface area contributed by atoms with Crippen molar-refractivity contribution in [2.24, 2.45) is 0 Å². The van der Waals surface area contributed by atoms with Crippen molar-refractivity contribution in [3.8, 4) is 0 Å². The normalized spacial score (nSPS) is 31.2. The summed E-state index contributed by atoms with van der Waals surface area (Å²) in [5.74, 6) is 0.726. The summed E-state index contributed by atoms with van der Waals surface area (Å²) in [6.07, 6.45) is 3.29. The molecular weight excluding hydrogens is 283 g/mol. The Balaban J connectivity index is 2.09. The minimum absolute atomic E-state index is 0.703. The minimum atomic E-state index is 0.703. The van der Waals surface area contributed by atoms with Gasteiger partial charge in [-0.1, -0.05) is 22.6 Å². The lowest BCUT2D eigenvalue weighted by molar-refractivity contribution is 0.399. The summed E-state index contributed by atoms with van der Waals surface area (Å²) in [6.45, 7) is 1.19. The second-order valence-corrected chi connectivity index (χ2v) is 5.57. The molecule has 1 aliphatic rings. The smallest absolute Gasteiger partial charge is 0.0794 e. The largest absolute Gasteiger partial charge is 0.294 e. The summed E-state index contributed by atoms with van der Waals surface area (Å²) < 4.78 is 0.703. The number of alkyl halides is 1. The monoisotopic (exact) mass is 294 g/mol. The summed E-state index contributed by atoms with van der Waals surface area (Å²) in [5.41, 5.74) is 1.93. The van der Waals surface area contributed by atoms with Crippen molar-refractivity contribution in [2.45, 2.75) is 16.4 Å². The minimum Gasteiger partial charge on any atom is -0.294 e. The Kier molecular flexibility index (Phi) is 2.66. The Morgan fingerprint density at radius 1 is 1.75 bits per heavy atom. The number of nitrogens with zero attached hydrogens (tertiary/aromatic N) is 2. The molecule has 1 aromatic heterocycles. The van der Waals surface area contributed by atoms with Crippen LogP contribution in [-0.2, 0) is 0 Å². The third-order valence-electron chi connectivity index (χ3n) is 2.32. The fourth-order valence-corrected chi connectivity index (χ4v) is 3.15. The van der Waals surface area contributed by atoms with E-state index in [0.29, 0.717) is 4.05 Å². The van der Waals surface area contributed by atoms with Crippen molar-refractivity contribution in [3.63, 3.8) is 0 Å². The molecule has 0 radical (unpaired) electrons. The quantitative estimate of drug-likeness (QED) is 0.449. The molecule has 2 atom stereocenters. The number of thiazole rings is 1. The predicted octanol–water partition coefficient (Wildman–Crippen LogP) is 2.32. The van der Waals surface area contributed by atoms with Gasteiger partial charge in [-0.25, -0.2) is 0 Å². The van der Waals surface area contributed by atoms with Crippen LogP contribution in [0.2, 0.25) is 0 Å². The van der Waals surface area contributed by atoms with Gasteiger partial charge in [0, 0.05) is 23.5 Å². The van der Waals surface area contributed by atoms with E-state index in [1.807, 2.05) is 11.7 Å². The number of hydrogen-bond donors (Lipinski definition) is 0. The highest BCUT2D eigenvalue weighted by Gasteiger charge is 2.28. The molecule has 66 valence electrons. The van der Waals surface area contributed by atoms with Crippen LogP contribution in [0.15, 0.2) is 11.7 Å². The maximum atomic E-state index is 4.11. The molecule has 0 amide bonds. The summed E-state index contributed by atoms with van der Waals surface area (Å²) in [7, 11) is 2.19. The van der Waals surface area contributed by atoms with Gasteiger partial charge in [0.2, 0.25) is 0 Å². The molecule has 0 spiro atoms. The molecule has 4 heteroatoms. The van der Waals surface area contributed by atoms with Crippen LogP contribution in [0, 0.1) is 0 Å². The molecule has 1 aromatic rings. The summed E-state index contributed by atoms with van der Waals surface area (Å²) in [4.78, 5) is 7.97. The highest BCUT2D eigenvalue weighted by molar-refractivity contribution is 14.1. The first-order chi connectivity index (χ1) is 5.77. The number of aromatic nitrogens is 1. The van der Waals surface area contributed by atoms with Crippen LogP contribution in [0.5, 0.6) is 0 Å². The molecule has 1 saturated heterocycles. The van der Waals surface area contributed by atoms with E-state index in [4.69, 9.17) is 0 Å². The fourth-order valence-electron chi connectivity index (χ4n) is 1.58. The highest BCUT2D eigenvalue weighted by atomic mass is 127. The van der Waals surface area contributed by atoms with Crippen LogP contribution in [0.4, 0.5) is 0 Å². The van der Waals surface area contributed by atoms with Gasteiger partial charge in [0.25, 0.3) is 0 Å². The van der Waals surface area contributed by atoms with E-state index in [1.165, 1.54) is 17.8 Å². The van der Waals surface area contributed by atoms with Gasteiger partial charge in [-0.3, -0.25) is 9.88 Å². The van der Waals surface area contributed by atoms with E-state index in [0.717, 1.165) is 5.92 Å². The Bertz CT molecular complexity index is 240. The molecule has 0 aliphatic carbocycles.